The van der Waals surface area contributed by atoms with Crippen LogP contribution in [0.2, 0.25) is 0 Å². The number of Topliss-reactive ketones (excluding diaryl/α,β-unsaturated/α-hetero) is 1. The molecule has 0 bridgehead atoms. The van der Waals surface area contributed by atoms with Gasteiger partial charge in [0.25, 0.3) is 0 Å². The van der Waals surface area contributed by atoms with Gasteiger partial charge < -0.3 is 0 Å². The number of hydrogen-bond donors (Lipinski definition) is 0. The molecule has 0 N–H and O–H groups in total. The van der Waals surface area contributed by atoms with Crippen LogP contribution in [0, 0.1) is 18.7 Å². The van der Waals surface area contributed by atoms with E-state index in [0.29, 0.717) is 18.4 Å². The number of hydrogen-bond acceptors (Lipinski definition) is 1. The van der Waals surface area contributed by atoms with Gasteiger partial charge in [-0.3, -0.25) is 4.79 Å². The van der Waals surface area contributed by atoms with Crippen LogP contribution >= 0.6 is 0 Å². The lowest BCUT2D eigenvalue weighted by atomic mass is 10.0. The van der Waals surface area contributed by atoms with E-state index in [2.05, 4.69) is 0 Å². The summed E-state index contributed by atoms with van der Waals surface area (Å²) in [4.78, 5) is 11.4. The van der Waals surface area contributed by atoms with Crippen molar-refractivity contribution in [3.8, 4) is 0 Å². The maximum absolute atomic E-state index is 13.4. The standard InChI is InChI=1S/C14H19FO/c1-10(2)14(16)6-4-5-12-8-7-11(3)9-13(12)15/h7-10H,4-6H2,1-3H3. The van der Waals surface area contributed by atoms with Gasteiger partial charge in [-0.05, 0) is 37.0 Å². The molecule has 1 aromatic rings. The highest BCUT2D eigenvalue weighted by Gasteiger charge is 2.08. The van der Waals surface area contributed by atoms with Crippen molar-refractivity contribution in [3.63, 3.8) is 0 Å². The molecule has 0 aromatic heterocycles. The lowest BCUT2D eigenvalue weighted by molar-refractivity contribution is -0.121. The van der Waals surface area contributed by atoms with Gasteiger partial charge in [-0.1, -0.05) is 26.0 Å². The van der Waals surface area contributed by atoms with E-state index in [1.165, 1.54) is 0 Å². The average Bonchev–Trinajstić information content (AvgIpc) is 2.20. The fourth-order valence-corrected chi connectivity index (χ4v) is 1.60. The molecule has 0 aliphatic carbocycles. The largest absolute Gasteiger partial charge is 0.299 e. The van der Waals surface area contributed by atoms with Crippen LogP contribution in [0.3, 0.4) is 0 Å². The van der Waals surface area contributed by atoms with Crippen LogP contribution in [0.1, 0.15) is 37.8 Å². The second kappa shape index (κ2) is 5.78. The molecule has 0 fully saturated rings. The van der Waals surface area contributed by atoms with Gasteiger partial charge in [0.2, 0.25) is 0 Å². The minimum Gasteiger partial charge on any atom is -0.299 e. The number of ketones is 1. The molecule has 0 saturated heterocycles. The average molecular weight is 222 g/mol. The van der Waals surface area contributed by atoms with E-state index in [4.69, 9.17) is 0 Å². The molecule has 0 spiro atoms. The summed E-state index contributed by atoms with van der Waals surface area (Å²) in [6.45, 7) is 5.67. The summed E-state index contributed by atoms with van der Waals surface area (Å²) >= 11 is 0. The number of aryl methyl sites for hydroxylation is 2. The molecule has 1 rings (SSSR count). The van der Waals surface area contributed by atoms with E-state index in [9.17, 15) is 9.18 Å². The van der Waals surface area contributed by atoms with Gasteiger partial charge in [0.1, 0.15) is 11.6 Å². The van der Waals surface area contributed by atoms with E-state index in [1.807, 2.05) is 32.9 Å². The summed E-state index contributed by atoms with van der Waals surface area (Å²) in [6, 6.07) is 5.26. The molecule has 0 aliphatic rings. The van der Waals surface area contributed by atoms with Crippen molar-refractivity contribution in [1.29, 1.82) is 0 Å². The first kappa shape index (κ1) is 12.9. The van der Waals surface area contributed by atoms with Gasteiger partial charge in [-0.15, -0.1) is 0 Å². The van der Waals surface area contributed by atoms with Crippen molar-refractivity contribution in [1.82, 2.24) is 0 Å². The molecule has 0 radical (unpaired) electrons. The maximum Gasteiger partial charge on any atom is 0.135 e. The molecule has 0 aliphatic heterocycles. The Bertz CT molecular complexity index is 369. The maximum atomic E-state index is 13.4. The number of benzene rings is 1. The van der Waals surface area contributed by atoms with E-state index in [0.717, 1.165) is 12.0 Å². The zero-order valence-electron chi connectivity index (χ0n) is 10.2. The molecule has 0 atom stereocenters. The first-order valence-electron chi connectivity index (χ1n) is 5.78. The zero-order chi connectivity index (χ0) is 12.1. The summed E-state index contributed by atoms with van der Waals surface area (Å²) < 4.78 is 13.4. The van der Waals surface area contributed by atoms with Gasteiger partial charge in [0.15, 0.2) is 0 Å². The predicted molar refractivity (Wildman–Crippen MR) is 63.9 cm³/mol. The summed E-state index contributed by atoms with van der Waals surface area (Å²) in [5, 5.41) is 0. The predicted octanol–water partition coefficient (Wildman–Crippen LogP) is 3.68. The minimum absolute atomic E-state index is 0.0860. The Kier molecular flexibility index (Phi) is 4.66. The first-order valence-corrected chi connectivity index (χ1v) is 5.78. The number of rotatable bonds is 5. The molecular formula is C14H19FO. The third-order valence-electron chi connectivity index (χ3n) is 2.72. The monoisotopic (exact) mass is 222 g/mol. The van der Waals surface area contributed by atoms with Crippen LogP contribution in [0.25, 0.3) is 0 Å². The third-order valence-corrected chi connectivity index (χ3v) is 2.72. The Labute approximate surface area is 96.7 Å². The van der Waals surface area contributed by atoms with E-state index in [1.54, 1.807) is 6.07 Å². The number of carbonyl (C=O) groups is 1. The second-order valence-corrected chi connectivity index (χ2v) is 4.57. The van der Waals surface area contributed by atoms with Crippen LogP contribution in [0.4, 0.5) is 4.39 Å². The normalized spacial score (nSPS) is 10.8. The summed E-state index contributed by atoms with van der Waals surface area (Å²) in [6.07, 6.45) is 1.92. The molecule has 2 heteroatoms. The summed E-state index contributed by atoms with van der Waals surface area (Å²) in [7, 11) is 0. The Morgan fingerprint density at radius 2 is 2.06 bits per heavy atom. The Morgan fingerprint density at radius 1 is 1.38 bits per heavy atom. The smallest absolute Gasteiger partial charge is 0.135 e. The minimum atomic E-state index is -0.156. The van der Waals surface area contributed by atoms with Crippen molar-refractivity contribution in [2.75, 3.05) is 0 Å². The van der Waals surface area contributed by atoms with Crippen molar-refractivity contribution < 1.29 is 9.18 Å². The highest BCUT2D eigenvalue weighted by atomic mass is 19.1. The zero-order valence-corrected chi connectivity index (χ0v) is 10.2. The SMILES string of the molecule is Cc1ccc(CCCC(=O)C(C)C)c(F)c1. The quantitative estimate of drug-likeness (QED) is 0.742. The highest BCUT2D eigenvalue weighted by molar-refractivity contribution is 5.80. The Morgan fingerprint density at radius 3 is 2.62 bits per heavy atom. The summed E-state index contributed by atoms with van der Waals surface area (Å²) in [5.74, 6) is 0.187. The molecule has 0 amide bonds. The topological polar surface area (TPSA) is 17.1 Å². The van der Waals surface area contributed by atoms with Gasteiger partial charge in [0.05, 0.1) is 0 Å². The molecule has 88 valence electrons. The van der Waals surface area contributed by atoms with E-state index in [-0.39, 0.29) is 17.5 Å². The van der Waals surface area contributed by atoms with Crippen LogP contribution in [-0.4, -0.2) is 5.78 Å². The second-order valence-electron chi connectivity index (χ2n) is 4.57. The van der Waals surface area contributed by atoms with Crippen molar-refractivity contribution in [3.05, 3.63) is 35.1 Å². The van der Waals surface area contributed by atoms with E-state index >= 15 is 0 Å². The number of halogens is 1. The van der Waals surface area contributed by atoms with Crippen LogP contribution in [0.15, 0.2) is 18.2 Å². The van der Waals surface area contributed by atoms with Crippen molar-refractivity contribution in [2.45, 2.75) is 40.0 Å². The van der Waals surface area contributed by atoms with Gasteiger partial charge >= 0.3 is 0 Å². The lowest BCUT2D eigenvalue weighted by Crippen LogP contribution is -2.07. The number of carbonyl (C=O) groups excluding carboxylic acids is 1. The third kappa shape index (κ3) is 3.76. The van der Waals surface area contributed by atoms with Crippen LogP contribution < -0.4 is 0 Å². The summed E-state index contributed by atoms with van der Waals surface area (Å²) in [5.41, 5.74) is 1.64. The molecule has 0 heterocycles. The molecule has 0 saturated carbocycles. The Hall–Kier alpha value is -1.18. The molecule has 1 nitrogen and oxygen atoms in total. The van der Waals surface area contributed by atoms with Crippen molar-refractivity contribution >= 4 is 5.78 Å². The lowest BCUT2D eigenvalue weighted by Gasteiger charge is -2.05. The molecular weight excluding hydrogens is 203 g/mol. The first-order chi connectivity index (χ1) is 7.50. The highest BCUT2D eigenvalue weighted by Crippen LogP contribution is 2.13. The molecule has 0 unspecified atom stereocenters. The fourth-order valence-electron chi connectivity index (χ4n) is 1.60. The Balaban J connectivity index is 2.46. The van der Waals surface area contributed by atoms with Gasteiger partial charge in [-0.25, -0.2) is 4.39 Å². The van der Waals surface area contributed by atoms with Gasteiger partial charge in [0, 0.05) is 12.3 Å². The van der Waals surface area contributed by atoms with Gasteiger partial charge in [-0.2, -0.15) is 0 Å². The molecule has 16 heavy (non-hydrogen) atoms. The van der Waals surface area contributed by atoms with Crippen molar-refractivity contribution in [2.24, 2.45) is 5.92 Å². The van der Waals surface area contributed by atoms with Crippen LogP contribution in [-0.2, 0) is 11.2 Å². The molecule has 1 aromatic carbocycles. The van der Waals surface area contributed by atoms with Crippen LogP contribution in [0.5, 0.6) is 0 Å². The van der Waals surface area contributed by atoms with E-state index < -0.39 is 0 Å². The fraction of sp³-hybridized carbons (Fsp3) is 0.500.